The Morgan fingerprint density at radius 2 is 2.41 bits per heavy atom. The van der Waals surface area contributed by atoms with Crippen molar-refractivity contribution in [3.8, 4) is 16.2 Å². The Kier molecular flexibility index (Phi) is 2.82. The number of hydrogen-bond donors (Lipinski definition) is 1. The standard InChI is InChI=1S/C13H14N2OS/c14-6-9-4-5-16-13-10(9)2-1-3-11(13)12-7-15-8-17-12/h1-3,7-9H,4-6,14H2/t9-/m1/s1. The Hall–Kier alpha value is -1.39. The number of thiazole rings is 1. The highest BCUT2D eigenvalue weighted by atomic mass is 32.1. The Bertz CT molecular complexity index is 510. The van der Waals surface area contributed by atoms with Crippen LogP contribution in [0.25, 0.3) is 10.4 Å². The van der Waals surface area contributed by atoms with Gasteiger partial charge in [-0.1, -0.05) is 12.1 Å². The summed E-state index contributed by atoms with van der Waals surface area (Å²) in [5.41, 5.74) is 10.0. The van der Waals surface area contributed by atoms with Crippen LogP contribution in [-0.2, 0) is 0 Å². The third kappa shape index (κ3) is 1.83. The predicted molar refractivity (Wildman–Crippen MR) is 69.5 cm³/mol. The molecule has 0 radical (unpaired) electrons. The Morgan fingerprint density at radius 3 is 3.18 bits per heavy atom. The van der Waals surface area contributed by atoms with Gasteiger partial charge in [0.15, 0.2) is 0 Å². The second-order valence-electron chi connectivity index (χ2n) is 4.16. The van der Waals surface area contributed by atoms with Crippen molar-refractivity contribution in [2.24, 2.45) is 5.73 Å². The van der Waals surface area contributed by atoms with Crippen molar-refractivity contribution in [1.29, 1.82) is 0 Å². The van der Waals surface area contributed by atoms with Gasteiger partial charge in [-0.05, 0) is 24.6 Å². The molecule has 3 rings (SSSR count). The van der Waals surface area contributed by atoms with Gasteiger partial charge in [-0.3, -0.25) is 4.98 Å². The quantitative estimate of drug-likeness (QED) is 0.886. The summed E-state index contributed by atoms with van der Waals surface area (Å²) in [7, 11) is 0. The highest BCUT2D eigenvalue weighted by Crippen LogP contribution is 2.41. The van der Waals surface area contributed by atoms with Crippen molar-refractivity contribution in [3.05, 3.63) is 35.5 Å². The molecule has 2 N–H and O–H groups in total. The molecule has 1 aliphatic rings. The van der Waals surface area contributed by atoms with Crippen LogP contribution in [-0.4, -0.2) is 18.1 Å². The van der Waals surface area contributed by atoms with E-state index in [0.717, 1.165) is 29.2 Å². The summed E-state index contributed by atoms with van der Waals surface area (Å²) in [6.07, 6.45) is 2.89. The largest absolute Gasteiger partial charge is 0.493 e. The van der Waals surface area contributed by atoms with E-state index in [1.807, 2.05) is 11.7 Å². The van der Waals surface area contributed by atoms with Crippen molar-refractivity contribution < 1.29 is 4.74 Å². The average Bonchev–Trinajstić information content (AvgIpc) is 2.91. The van der Waals surface area contributed by atoms with Crippen LogP contribution in [0.4, 0.5) is 0 Å². The van der Waals surface area contributed by atoms with E-state index in [9.17, 15) is 0 Å². The summed E-state index contributed by atoms with van der Waals surface area (Å²) in [4.78, 5) is 5.28. The topological polar surface area (TPSA) is 48.1 Å². The number of ether oxygens (including phenoxy) is 1. The van der Waals surface area contributed by atoms with Crippen molar-refractivity contribution >= 4 is 11.3 Å². The second-order valence-corrected chi connectivity index (χ2v) is 5.05. The maximum absolute atomic E-state index is 5.83. The van der Waals surface area contributed by atoms with Crippen LogP contribution in [0.1, 0.15) is 17.9 Å². The molecule has 0 unspecified atom stereocenters. The number of benzene rings is 1. The zero-order chi connectivity index (χ0) is 11.7. The molecule has 2 heterocycles. The molecule has 17 heavy (non-hydrogen) atoms. The summed E-state index contributed by atoms with van der Waals surface area (Å²) in [6, 6.07) is 6.28. The molecule has 1 aliphatic heterocycles. The molecule has 3 nitrogen and oxygen atoms in total. The van der Waals surface area contributed by atoms with Gasteiger partial charge < -0.3 is 10.5 Å². The minimum atomic E-state index is 0.423. The number of hydrogen-bond acceptors (Lipinski definition) is 4. The van der Waals surface area contributed by atoms with Crippen LogP contribution in [0.15, 0.2) is 29.9 Å². The van der Waals surface area contributed by atoms with Crippen LogP contribution >= 0.6 is 11.3 Å². The summed E-state index contributed by atoms with van der Waals surface area (Å²) in [6.45, 7) is 1.44. The first-order valence-electron chi connectivity index (χ1n) is 5.75. The smallest absolute Gasteiger partial charge is 0.131 e. The molecule has 0 amide bonds. The summed E-state index contributed by atoms with van der Waals surface area (Å²) >= 11 is 1.64. The number of para-hydroxylation sites is 1. The summed E-state index contributed by atoms with van der Waals surface area (Å²) in [5, 5.41) is 0. The summed E-state index contributed by atoms with van der Waals surface area (Å²) < 4.78 is 5.83. The number of fused-ring (bicyclic) bond motifs is 1. The van der Waals surface area contributed by atoms with E-state index in [1.165, 1.54) is 5.56 Å². The Balaban J connectivity index is 2.12. The molecular formula is C13H14N2OS. The van der Waals surface area contributed by atoms with Crippen molar-refractivity contribution in [2.45, 2.75) is 12.3 Å². The maximum atomic E-state index is 5.83. The van der Waals surface area contributed by atoms with Crippen LogP contribution in [0, 0.1) is 0 Å². The minimum Gasteiger partial charge on any atom is -0.493 e. The first-order valence-corrected chi connectivity index (χ1v) is 6.62. The van der Waals surface area contributed by atoms with E-state index < -0.39 is 0 Å². The lowest BCUT2D eigenvalue weighted by Gasteiger charge is -2.26. The van der Waals surface area contributed by atoms with E-state index in [4.69, 9.17) is 10.5 Å². The van der Waals surface area contributed by atoms with Gasteiger partial charge in [-0.2, -0.15) is 0 Å². The lowest BCUT2D eigenvalue weighted by molar-refractivity contribution is 0.270. The fourth-order valence-electron chi connectivity index (χ4n) is 2.28. The highest BCUT2D eigenvalue weighted by molar-refractivity contribution is 7.13. The van der Waals surface area contributed by atoms with Crippen LogP contribution in [0.2, 0.25) is 0 Å². The molecule has 0 bridgehead atoms. The van der Waals surface area contributed by atoms with Gasteiger partial charge >= 0.3 is 0 Å². The van der Waals surface area contributed by atoms with Gasteiger partial charge in [0.1, 0.15) is 5.75 Å². The third-order valence-electron chi connectivity index (χ3n) is 3.18. The summed E-state index contributed by atoms with van der Waals surface area (Å²) in [5.74, 6) is 1.42. The predicted octanol–water partition coefficient (Wildman–Crippen LogP) is 2.63. The van der Waals surface area contributed by atoms with Gasteiger partial charge in [0.05, 0.1) is 17.0 Å². The Labute approximate surface area is 104 Å². The number of nitrogens with zero attached hydrogens (tertiary/aromatic N) is 1. The molecule has 2 aromatic rings. The first kappa shape index (κ1) is 10.7. The van der Waals surface area contributed by atoms with E-state index >= 15 is 0 Å². The monoisotopic (exact) mass is 246 g/mol. The second kappa shape index (κ2) is 4.47. The molecule has 0 spiro atoms. The van der Waals surface area contributed by atoms with Crippen molar-refractivity contribution in [2.75, 3.05) is 13.2 Å². The average molecular weight is 246 g/mol. The number of aromatic nitrogens is 1. The molecular weight excluding hydrogens is 232 g/mol. The molecule has 1 aromatic heterocycles. The van der Waals surface area contributed by atoms with Crippen molar-refractivity contribution in [3.63, 3.8) is 0 Å². The van der Waals surface area contributed by atoms with Crippen LogP contribution in [0.5, 0.6) is 5.75 Å². The maximum Gasteiger partial charge on any atom is 0.131 e. The first-order chi connectivity index (χ1) is 8.40. The fourth-order valence-corrected chi connectivity index (χ4v) is 2.93. The molecule has 88 valence electrons. The molecule has 1 atom stereocenters. The van der Waals surface area contributed by atoms with Gasteiger partial charge in [0.25, 0.3) is 0 Å². The van der Waals surface area contributed by atoms with Crippen LogP contribution in [0.3, 0.4) is 0 Å². The van der Waals surface area contributed by atoms with Crippen LogP contribution < -0.4 is 10.5 Å². The zero-order valence-electron chi connectivity index (χ0n) is 9.43. The SMILES string of the molecule is NC[C@H]1CCOc2c(-c3cncs3)cccc21. The lowest BCUT2D eigenvalue weighted by Crippen LogP contribution is -2.21. The molecule has 0 aliphatic carbocycles. The number of nitrogens with two attached hydrogens (primary N) is 1. The van der Waals surface area contributed by atoms with E-state index in [2.05, 4.69) is 23.2 Å². The van der Waals surface area contributed by atoms with Gasteiger partial charge in [0, 0.05) is 17.7 Å². The minimum absolute atomic E-state index is 0.423. The zero-order valence-corrected chi connectivity index (χ0v) is 10.2. The van der Waals surface area contributed by atoms with E-state index in [1.54, 1.807) is 11.3 Å². The molecule has 4 heteroatoms. The molecule has 0 saturated heterocycles. The van der Waals surface area contributed by atoms with Gasteiger partial charge in [0.2, 0.25) is 0 Å². The third-order valence-corrected chi connectivity index (χ3v) is 3.99. The van der Waals surface area contributed by atoms with E-state index in [0.29, 0.717) is 12.5 Å². The molecule has 0 fully saturated rings. The van der Waals surface area contributed by atoms with Gasteiger partial charge in [-0.15, -0.1) is 11.3 Å². The number of rotatable bonds is 2. The van der Waals surface area contributed by atoms with Crippen molar-refractivity contribution in [1.82, 2.24) is 4.98 Å². The Morgan fingerprint density at radius 1 is 1.47 bits per heavy atom. The fraction of sp³-hybridized carbons (Fsp3) is 0.308. The van der Waals surface area contributed by atoms with Gasteiger partial charge in [-0.25, -0.2) is 0 Å². The highest BCUT2D eigenvalue weighted by Gasteiger charge is 2.23. The normalized spacial score (nSPS) is 18.5. The lowest BCUT2D eigenvalue weighted by atomic mass is 9.91. The molecule has 0 saturated carbocycles. The van der Waals surface area contributed by atoms with E-state index in [-0.39, 0.29) is 0 Å². The molecule has 1 aromatic carbocycles.